The zero-order chi connectivity index (χ0) is 18.2. The van der Waals surface area contributed by atoms with Gasteiger partial charge >= 0.3 is 6.18 Å². The van der Waals surface area contributed by atoms with Crippen molar-refractivity contribution in [3.63, 3.8) is 0 Å². The van der Waals surface area contributed by atoms with E-state index in [1.165, 1.54) is 42.1 Å². The fourth-order valence-electron chi connectivity index (χ4n) is 2.25. The number of nitrogens with one attached hydrogen (secondary N) is 2. The number of carbonyl (C=O) groups is 1. The van der Waals surface area contributed by atoms with Crippen LogP contribution in [-0.4, -0.2) is 20.1 Å². The summed E-state index contributed by atoms with van der Waals surface area (Å²) in [5, 5.41) is 2.54. The maximum absolute atomic E-state index is 13.0. The number of hydrogen-bond acceptors (Lipinski definition) is 4. The second-order valence-electron chi connectivity index (χ2n) is 5.14. The molecule has 2 aromatic carbocycles. The molecule has 2 aromatic rings. The van der Waals surface area contributed by atoms with Gasteiger partial charge in [-0.1, -0.05) is 12.1 Å². The predicted octanol–water partition coefficient (Wildman–Crippen LogP) is 3.55. The lowest BCUT2D eigenvalue weighted by atomic mass is 10.2. The smallest absolute Gasteiger partial charge is 0.324 e. The van der Waals surface area contributed by atoms with Crippen LogP contribution in [0.2, 0.25) is 0 Å². The van der Waals surface area contributed by atoms with Crippen LogP contribution in [0.1, 0.15) is 5.56 Å². The molecule has 0 aromatic heterocycles. The van der Waals surface area contributed by atoms with E-state index < -0.39 is 27.5 Å². The molecule has 132 valence electrons. The van der Waals surface area contributed by atoms with E-state index in [-0.39, 0.29) is 16.6 Å². The lowest BCUT2D eigenvalue weighted by molar-refractivity contribution is -0.136. The Balaban J connectivity index is 1.96. The molecule has 1 amide bonds. The molecule has 0 atom stereocenters. The average Bonchev–Trinajstić information content (AvgIpc) is 2.53. The highest BCUT2D eigenvalue weighted by Crippen LogP contribution is 2.37. The van der Waals surface area contributed by atoms with Crippen molar-refractivity contribution in [2.75, 3.05) is 15.8 Å². The van der Waals surface area contributed by atoms with Crippen LogP contribution < -0.4 is 10.0 Å². The van der Waals surface area contributed by atoms with Crippen molar-refractivity contribution < 1.29 is 26.4 Å². The monoisotopic (exact) mass is 388 g/mol. The lowest BCUT2D eigenvalue weighted by Crippen LogP contribution is -2.20. The molecule has 5 nitrogen and oxygen atoms in total. The molecule has 2 N–H and O–H groups in total. The van der Waals surface area contributed by atoms with E-state index in [2.05, 4.69) is 5.32 Å². The molecule has 0 bridgehead atoms. The molecule has 0 radical (unpaired) electrons. The maximum Gasteiger partial charge on any atom is 0.418 e. The van der Waals surface area contributed by atoms with Crippen molar-refractivity contribution in [2.45, 2.75) is 16.0 Å². The largest absolute Gasteiger partial charge is 0.418 e. The van der Waals surface area contributed by atoms with E-state index in [0.717, 1.165) is 12.1 Å². The molecular weight excluding hydrogens is 377 g/mol. The van der Waals surface area contributed by atoms with Gasteiger partial charge in [0.2, 0.25) is 5.91 Å². The second kappa shape index (κ2) is 6.26. The van der Waals surface area contributed by atoms with E-state index in [1.54, 1.807) is 0 Å². The number of anilines is 2. The Morgan fingerprint density at radius 1 is 1.12 bits per heavy atom. The van der Waals surface area contributed by atoms with Crippen molar-refractivity contribution >= 4 is 39.1 Å². The van der Waals surface area contributed by atoms with Crippen molar-refractivity contribution in [1.82, 2.24) is 0 Å². The van der Waals surface area contributed by atoms with Crippen molar-refractivity contribution in [2.24, 2.45) is 0 Å². The number of rotatable bonds is 3. The van der Waals surface area contributed by atoms with Crippen LogP contribution >= 0.6 is 11.8 Å². The summed E-state index contributed by atoms with van der Waals surface area (Å²) in [5.74, 6) is -0.0570. The minimum absolute atomic E-state index is 0.219. The van der Waals surface area contributed by atoms with Crippen LogP contribution in [0.4, 0.5) is 24.5 Å². The summed E-state index contributed by atoms with van der Waals surface area (Å²) >= 11 is 1.25. The molecule has 1 aliphatic heterocycles. The Bertz CT molecular complexity index is 943. The minimum atomic E-state index is -4.69. The van der Waals surface area contributed by atoms with Crippen LogP contribution in [0.5, 0.6) is 0 Å². The fraction of sp³-hybridized carbons (Fsp3) is 0.133. The predicted molar refractivity (Wildman–Crippen MR) is 88.0 cm³/mol. The molecule has 10 heteroatoms. The van der Waals surface area contributed by atoms with Gasteiger partial charge in [-0.15, -0.1) is 11.8 Å². The zero-order valence-corrected chi connectivity index (χ0v) is 14.1. The highest BCUT2D eigenvalue weighted by atomic mass is 32.2. The van der Waals surface area contributed by atoms with Gasteiger partial charge in [-0.05, 0) is 30.3 Å². The number of hydrogen-bond donors (Lipinski definition) is 2. The standard InChI is InChI=1S/C15H11F3N2O3S2/c16-15(17,18)10-3-1-2-4-11(10)20-25(22,23)9-5-6-13-12(7-9)19-14(21)8-24-13/h1-7,20H,8H2,(H,19,21). The minimum Gasteiger partial charge on any atom is -0.324 e. The van der Waals surface area contributed by atoms with Gasteiger partial charge in [0, 0.05) is 4.90 Å². The summed E-state index contributed by atoms with van der Waals surface area (Å²) in [5.41, 5.74) is -1.33. The zero-order valence-electron chi connectivity index (χ0n) is 12.4. The molecule has 0 aliphatic carbocycles. The maximum atomic E-state index is 13.0. The molecule has 3 rings (SSSR count). The number of alkyl halides is 3. The van der Waals surface area contributed by atoms with Crippen molar-refractivity contribution in [3.8, 4) is 0 Å². The van der Waals surface area contributed by atoms with Gasteiger partial charge in [0.15, 0.2) is 0 Å². The summed E-state index contributed by atoms with van der Waals surface area (Å²) in [7, 11) is -4.26. The summed E-state index contributed by atoms with van der Waals surface area (Å²) in [4.78, 5) is 11.9. The topological polar surface area (TPSA) is 75.3 Å². The van der Waals surface area contributed by atoms with E-state index in [0.29, 0.717) is 10.6 Å². The van der Waals surface area contributed by atoms with Crippen LogP contribution in [0, 0.1) is 0 Å². The Morgan fingerprint density at radius 2 is 1.84 bits per heavy atom. The highest BCUT2D eigenvalue weighted by Gasteiger charge is 2.34. The lowest BCUT2D eigenvalue weighted by Gasteiger charge is -2.18. The van der Waals surface area contributed by atoms with Gasteiger partial charge in [-0.3, -0.25) is 9.52 Å². The van der Waals surface area contributed by atoms with E-state index in [1.807, 2.05) is 4.72 Å². The SMILES string of the molecule is O=C1CSc2ccc(S(=O)(=O)Nc3ccccc3C(F)(F)F)cc2N1. The van der Waals surface area contributed by atoms with Crippen molar-refractivity contribution in [1.29, 1.82) is 0 Å². The molecule has 0 fully saturated rings. The Morgan fingerprint density at radius 3 is 2.56 bits per heavy atom. The number of fused-ring (bicyclic) bond motifs is 1. The van der Waals surface area contributed by atoms with Gasteiger partial charge < -0.3 is 5.32 Å². The normalized spacial score (nSPS) is 14.6. The second-order valence-corrected chi connectivity index (χ2v) is 7.84. The number of para-hydroxylation sites is 1. The van der Waals surface area contributed by atoms with Crippen LogP contribution in [-0.2, 0) is 21.0 Å². The fourth-order valence-corrected chi connectivity index (χ4v) is 4.15. The van der Waals surface area contributed by atoms with Crippen LogP contribution in [0.25, 0.3) is 0 Å². The van der Waals surface area contributed by atoms with E-state index in [9.17, 15) is 26.4 Å². The molecule has 1 heterocycles. The first kappa shape index (κ1) is 17.6. The summed E-state index contributed by atoms with van der Waals surface area (Å²) in [6.07, 6.45) is -4.69. The van der Waals surface area contributed by atoms with Crippen molar-refractivity contribution in [3.05, 3.63) is 48.0 Å². The summed E-state index contributed by atoms with van der Waals surface area (Å²) in [6.45, 7) is 0. The Hall–Kier alpha value is -2.20. The number of sulfonamides is 1. The first-order chi connectivity index (χ1) is 11.7. The Kier molecular flexibility index (Phi) is 4.41. The van der Waals surface area contributed by atoms with Gasteiger partial charge in [-0.25, -0.2) is 8.42 Å². The van der Waals surface area contributed by atoms with Crippen LogP contribution in [0.3, 0.4) is 0 Å². The average molecular weight is 388 g/mol. The molecule has 1 aliphatic rings. The summed E-state index contributed by atoms with van der Waals surface area (Å²) in [6, 6.07) is 8.31. The third kappa shape index (κ3) is 3.74. The highest BCUT2D eigenvalue weighted by molar-refractivity contribution is 8.00. The van der Waals surface area contributed by atoms with E-state index >= 15 is 0 Å². The molecule has 0 saturated carbocycles. The van der Waals surface area contributed by atoms with Crippen LogP contribution in [0.15, 0.2) is 52.3 Å². The third-order valence-electron chi connectivity index (χ3n) is 3.37. The van der Waals surface area contributed by atoms with Gasteiger partial charge in [0.25, 0.3) is 10.0 Å². The first-order valence-electron chi connectivity index (χ1n) is 6.92. The Labute approximate surface area is 145 Å². The first-order valence-corrected chi connectivity index (χ1v) is 9.39. The number of halogens is 3. The van der Waals surface area contributed by atoms with Gasteiger partial charge in [0.1, 0.15) is 0 Å². The van der Waals surface area contributed by atoms with E-state index in [4.69, 9.17) is 0 Å². The van der Waals surface area contributed by atoms with Gasteiger partial charge in [-0.2, -0.15) is 13.2 Å². The third-order valence-corrected chi connectivity index (χ3v) is 5.81. The number of thioether (sulfide) groups is 1. The summed E-state index contributed by atoms with van der Waals surface area (Å²) < 4.78 is 65.9. The number of carbonyl (C=O) groups excluding carboxylic acids is 1. The molecule has 0 saturated heterocycles. The quantitative estimate of drug-likeness (QED) is 0.843. The molecule has 0 spiro atoms. The van der Waals surface area contributed by atoms with Gasteiger partial charge in [0.05, 0.1) is 27.6 Å². The number of benzene rings is 2. The molecular formula is C15H11F3N2O3S2. The number of amides is 1. The molecule has 0 unspecified atom stereocenters. The molecule has 25 heavy (non-hydrogen) atoms.